The van der Waals surface area contributed by atoms with Crippen LogP contribution in [0.3, 0.4) is 0 Å². The predicted molar refractivity (Wildman–Crippen MR) is 99.0 cm³/mol. The van der Waals surface area contributed by atoms with E-state index in [2.05, 4.69) is 10.3 Å². The number of pyridine rings is 1. The van der Waals surface area contributed by atoms with Crippen molar-refractivity contribution in [3.8, 4) is 0 Å². The number of hydrogen-bond donors (Lipinski definition) is 2. The van der Waals surface area contributed by atoms with E-state index in [1.165, 1.54) is 6.07 Å². The molecule has 2 aromatic rings. The number of carbonyl (C=O) groups excluding carboxylic acids is 1. The second-order valence-corrected chi connectivity index (χ2v) is 9.22. The predicted octanol–water partition coefficient (Wildman–Crippen LogP) is 3.48. The molecule has 0 aliphatic heterocycles. The van der Waals surface area contributed by atoms with Crippen LogP contribution in [0.15, 0.2) is 29.3 Å². The first-order valence-corrected chi connectivity index (χ1v) is 10.6. The van der Waals surface area contributed by atoms with E-state index >= 15 is 0 Å². The van der Waals surface area contributed by atoms with Crippen LogP contribution in [0.2, 0.25) is 5.02 Å². The maximum absolute atomic E-state index is 13.3. The lowest BCUT2D eigenvalue weighted by Gasteiger charge is -2.25. The van der Waals surface area contributed by atoms with Crippen molar-refractivity contribution in [2.45, 2.75) is 42.1 Å². The Morgan fingerprint density at radius 1 is 1.10 bits per heavy atom. The van der Waals surface area contributed by atoms with Crippen LogP contribution < -0.4 is 5.32 Å². The molecule has 0 spiro atoms. The van der Waals surface area contributed by atoms with Gasteiger partial charge in [0.25, 0.3) is 5.91 Å². The quantitative estimate of drug-likeness (QED) is 0.698. The lowest BCUT2D eigenvalue weighted by atomic mass is 9.97. The summed E-state index contributed by atoms with van der Waals surface area (Å²) in [6, 6.07) is 3.49. The van der Waals surface area contributed by atoms with E-state index in [4.69, 9.17) is 11.6 Å². The third kappa shape index (κ3) is 4.54. The monoisotopic (exact) mass is 448 g/mol. The van der Waals surface area contributed by atoms with Crippen LogP contribution in [-0.4, -0.2) is 35.8 Å². The zero-order valence-electron chi connectivity index (χ0n) is 14.8. The molecular weight excluding hydrogens is 433 g/mol. The first-order chi connectivity index (χ1) is 13.6. The van der Waals surface area contributed by atoms with Gasteiger partial charge in [-0.3, -0.25) is 4.79 Å². The molecule has 0 saturated heterocycles. The van der Waals surface area contributed by atoms with E-state index < -0.39 is 49.6 Å². The van der Waals surface area contributed by atoms with Crippen LogP contribution in [0, 0.1) is 17.5 Å². The molecule has 6 nitrogen and oxygen atoms in total. The van der Waals surface area contributed by atoms with Crippen molar-refractivity contribution in [1.29, 1.82) is 0 Å². The van der Waals surface area contributed by atoms with Crippen LogP contribution in [0.5, 0.6) is 0 Å². The van der Waals surface area contributed by atoms with Crippen molar-refractivity contribution >= 4 is 33.0 Å². The average Bonchev–Trinajstić information content (AvgIpc) is 2.66. The molecule has 1 aromatic carbocycles. The number of sulfone groups is 1. The minimum Gasteiger partial charge on any atom is -0.393 e. The summed E-state index contributed by atoms with van der Waals surface area (Å²) in [5.74, 6) is -5.62. The summed E-state index contributed by atoms with van der Waals surface area (Å²) in [7, 11) is -3.97. The van der Waals surface area contributed by atoms with Crippen molar-refractivity contribution in [3.63, 3.8) is 0 Å². The number of aliphatic hydroxyl groups is 1. The molecule has 1 amide bonds. The Hall–Kier alpha value is -2.17. The molecule has 1 aromatic heterocycles. The number of hydrogen-bond acceptors (Lipinski definition) is 5. The first-order valence-electron chi connectivity index (χ1n) is 8.64. The Bertz CT molecular complexity index is 1030. The van der Waals surface area contributed by atoms with Crippen molar-refractivity contribution in [3.05, 3.63) is 52.4 Å². The standard InChI is InChI=1S/C18H16ClF3N2O4S/c19-12-5-6-15(17(26)23-9-7-13(20)16(22)14(21)8-9)24-18(12)29(27,28)11-3-1-10(25)2-4-11/h5-8,10-11,25H,1-4H2,(H,23,26). The Balaban J connectivity index is 1.87. The van der Waals surface area contributed by atoms with Gasteiger partial charge in [0.2, 0.25) is 0 Å². The molecule has 1 saturated carbocycles. The summed E-state index contributed by atoms with van der Waals surface area (Å²) in [5.41, 5.74) is -0.720. The maximum atomic E-state index is 13.3. The molecule has 29 heavy (non-hydrogen) atoms. The highest BCUT2D eigenvalue weighted by molar-refractivity contribution is 7.92. The third-order valence-electron chi connectivity index (χ3n) is 4.64. The Labute approximate surface area is 169 Å². The van der Waals surface area contributed by atoms with E-state index in [1.54, 1.807) is 0 Å². The lowest BCUT2D eigenvalue weighted by Crippen LogP contribution is -2.30. The van der Waals surface area contributed by atoms with Crippen LogP contribution in [-0.2, 0) is 9.84 Å². The molecule has 11 heteroatoms. The number of aliphatic hydroxyl groups excluding tert-OH is 1. The third-order valence-corrected chi connectivity index (χ3v) is 7.26. The summed E-state index contributed by atoms with van der Waals surface area (Å²) in [6.45, 7) is 0. The lowest BCUT2D eigenvalue weighted by molar-refractivity contribution is 0.102. The minimum absolute atomic E-state index is 0.174. The molecule has 1 fully saturated rings. The highest BCUT2D eigenvalue weighted by Gasteiger charge is 2.34. The van der Waals surface area contributed by atoms with Crippen molar-refractivity contribution in [1.82, 2.24) is 4.98 Å². The zero-order chi connectivity index (χ0) is 21.3. The van der Waals surface area contributed by atoms with E-state index in [0.29, 0.717) is 25.0 Å². The average molecular weight is 449 g/mol. The normalized spacial score (nSPS) is 19.8. The smallest absolute Gasteiger partial charge is 0.274 e. The van der Waals surface area contributed by atoms with Gasteiger partial charge in [-0.25, -0.2) is 26.6 Å². The van der Waals surface area contributed by atoms with Gasteiger partial charge >= 0.3 is 0 Å². The van der Waals surface area contributed by atoms with Crippen molar-refractivity contribution in [2.24, 2.45) is 0 Å². The number of nitrogens with zero attached hydrogens (tertiary/aromatic N) is 1. The van der Waals surface area contributed by atoms with Gasteiger partial charge in [-0.15, -0.1) is 0 Å². The maximum Gasteiger partial charge on any atom is 0.274 e. The number of halogens is 4. The van der Waals surface area contributed by atoms with Crippen LogP contribution in [0.1, 0.15) is 36.2 Å². The summed E-state index contributed by atoms with van der Waals surface area (Å²) in [6.07, 6.45) is 0.545. The van der Waals surface area contributed by atoms with E-state index in [9.17, 15) is 31.5 Å². The summed E-state index contributed by atoms with van der Waals surface area (Å²) >= 11 is 5.99. The number of amides is 1. The highest BCUT2D eigenvalue weighted by Crippen LogP contribution is 2.31. The summed E-state index contributed by atoms with van der Waals surface area (Å²) < 4.78 is 65.4. The summed E-state index contributed by atoms with van der Waals surface area (Å²) in [4.78, 5) is 16.2. The van der Waals surface area contributed by atoms with Gasteiger partial charge < -0.3 is 10.4 Å². The Kier molecular flexibility index (Phi) is 6.16. The van der Waals surface area contributed by atoms with E-state index in [1.807, 2.05) is 0 Å². The van der Waals surface area contributed by atoms with Crippen LogP contribution in [0.4, 0.5) is 18.9 Å². The molecular formula is C18H16ClF3N2O4S. The SMILES string of the molecule is O=C(Nc1cc(F)c(F)c(F)c1)c1ccc(Cl)c(S(=O)(=O)C2CCC(O)CC2)n1. The van der Waals surface area contributed by atoms with E-state index in [-0.39, 0.29) is 29.2 Å². The van der Waals surface area contributed by atoms with Gasteiger partial charge in [0.15, 0.2) is 32.3 Å². The fraction of sp³-hybridized carbons (Fsp3) is 0.333. The molecule has 0 radical (unpaired) electrons. The van der Waals surface area contributed by atoms with Crippen LogP contribution >= 0.6 is 11.6 Å². The number of carbonyl (C=O) groups is 1. The van der Waals surface area contributed by atoms with Crippen molar-refractivity contribution in [2.75, 3.05) is 5.32 Å². The second-order valence-electron chi connectivity index (χ2n) is 6.67. The van der Waals surface area contributed by atoms with Crippen molar-refractivity contribution < 1.29 is 31.5 Å². The largest absolute Gasteiger partial charge is 0.393 e. The second kappa shape index (κ2) is 8.29. The summed E-state index contributed by atoms with van der Waals surface area (Å²) in [5, 5.41) is 10.2. The first kappa shape index (κ1) is 21.5. The van der Waals surface area contributed by atoms with Crippen LogP contribution in [0.25, 0.3) is 0 Å². The fourth-order valence-corrected chi connectivity index (χ4v) is 5.29. The Morgan fingerprint density at radius 3 is 2.28 bits per heavy atom. The molecule has 3 rings (SSSR count). The minimum atomic E-state index is -3.97. The topological polar surface area (TPSA) is 96.4 Å². The van der Waals surface area contributed by atoms with Gasteiger partial charge in [-0.1, -0.05) is 11.6 Å². The number of aromatic nitrogens is 1. The molecule has 0 unspecified atom stereocenters. The number of benzene rings is 1. The van der Waals surface area contributed by atoms with Gasteiger partial charge in [0.05, 0.1) is 16.4 Å². The highest BCUT2D eigenvalue weighted by atomic mass is 35.5. The van der Waals surface area contributed by atoms with Gasteiger partial charge in [-0.2, -0.15) is 0 Å². The number of nitrogens with one attached hydrogen (secondary N) is 1. The zero-order valence-corrected chi connectivity index (χ0v) is 16.4. The Morgan fingerprint density at radius 2 is 1.69 bits per heavy atom. The van der Waals surface area contributed by atoms with E-state index in [0.717, 1.165) is 6.07 Å². The van der Waals surface area contributed by atoms with Gasteiger partial charge in [-0.05, 0) is 37.8 Å². The molecule has 0 atom stereocenters. The number of rotatable bonds is 4. The van der Waals surface area contributed by atoms with Gasteiger partial charge in [0.1, 0.15) is 5.69 Å². The molecule has 156 valence electrons. The molecule has 1 aliphatic carbocycles. The van der Waals surface area contributed by atoms with Gasteiger partial charge in [0, 0.05) is 17.8 Å². The molecule has 1 aliphatic rings. The number of anilines is 1. The molecule has 0 bridgehead atoms. The molecule has 2 N–H and O–H groups in total. The molecule has 1 heterocycles. The fourth-order valence-electron chi connectivity index (χ4n) is 3.09.